The summed E-state index contributed by atoms with van der Waals surface area (Å²) in [7, 11) is 5.60. The Morgan fingerprint density at radius 3 is 2.79 bits per heavy atom. The maximum Gasteiger partial charge on any atom is 0.191 e. The van der Waals surface area contributed by atoms with Crippen LogP contribution in [0.15, 0.2) is 29.3 Å². The number of hydrogen-bond acceptors (Lipinski definition) is 5. The van der Waals surface area contributed by atoms with E-state index in [1.54, 1.807) is 26.3 Å². The first-order chi connectivity index (χ1) is 14.1. The number of guanidine groups is 1. The van der Waals surface area contributed by atoms with Crippen LogP contribution in [0, 0.1) is 5.82 Å². The molecule has 8 heteroatoms. The van der Waals surface area contributed by atoms with E-state index in [2.05, 4.69) is 32.5 Å². The molecule has 164 valence electrons. The Kier molecular flexibility index (Phi) is 10.9. The van der Waals surface area contributed by atoms with E-state index in [0.29, 0.717) is 19.8 Å². The third-order valence-corrected chi connectivity index (χ3v) is 5.08. The van der Waals surface area contributed by atoms with Gasteiger partial charge in [-0.1, -0.05) is 12.1 Å². The van der Waals surface area contributed by atoms with Gasteiger partial charge < -0.3 is 25.0 Å². The highest BCUT2D eigenvalue weighted by Gasteiger charge is 2.23. The van der Waals surface area contributed by atoms with Crippen LogP contribution in [-0.4, -0.2) is 96.1 Å². The van der Waals surface area contributed by atoms with Crippen molar-refractivity contribution in [2.24, 2.45) is 4.99 Å². The number of rotatable bonds is 11. The van der Waals surface area contributed by atoms with Gasteiger partial charge in [0.25, 0.3) is 0 Å². The summed E-state index contributed by atoms with van der Waals surface area (Å²) in [6.07, 6.45) is 1.02. The van der Waals surface area contributed by atoms with Crippen LogP contribution in [-0.2, 0) is 9.47 Å². The number of likely N-dealkylation sites (N-methyl/N-ethyl adjacent to an activating group) is 1. The topological polar surface area (TPSA) is 61.4 Å². The van der Waals surface area contributed by atoms with E-state index in [4.69, 9.17) is 9.47 Å². The number of nitrogens with one attached hydrogen (secondary N) is 2. The van der Waals surface area contributed by atoms with Crippen molar-refractivity contribution in [3.8, 4) is 0 Å². The number of hydrogen-bond donors (Lipinski definition) is 2. The molecular weight excluding hydrogens is 373 g/mol. The average Bonchev–Trinajstić information content (AvgIpc) is 2.73. The number of ether oxygens (including phenoxy) is 2. The Labute approximate surface area is 174 Å². The average molecular weight is 410 g/mol. The Balaban J connectivity index is 1.86. The van der Waals surface area contributed by atoms with Gasteiger partial charge in [0, 0.05) is 60.0 Å². The second-order valence-corrected chi connectivity index (χ2v) is 7.25. The lowest BCUT2D eigenvalue weighted by atomic mass is 10.0. The van der Waals surface area contributed by atoms with Gasteiger partial charge in [-0.2, -0.15) is 0 Å². The smallest absolute Gasteiger partial charge is 0.191 e. The van der Waals surface area contributed by atoms with Crippen LogP contribution >= 0.6 is 0 Å². The highest BCUT2D eigenvalue weighted by molar-refractivity contribution is 5.79. The molecule has 1 saturated heterocycles. The van der Waals surface area contributed by atoms with Gasteiger partial charge in [-0.05, 0) is 31.2 Å². The highest BCUT2D eigenvalue weighted by atomic mass is 19.1. The molecule has 0 aromatic heterocycles. The second kappa shape index (κ2) is 13.5. The molecule has 0 spiro atoms. The maximum atomic E-state index is 13.8. The van der Waals surface area contributed by atoms with E-state index < -0.39 is 0 Å². The molecular formula is C21H36FN5O2. The molecule has 7 nitrogen and oxygen atoms in total. The third kappa shape index (κ3) is 8.65. The normalized spacial score (nSPS) is 16.8. The lowest BCUT2D eigenvalue weighted by Crippen LogP contribution is -2.47. The van der Waals surface area contributed by atoms with Gasteiger partial charge in [0.05, 0.1) is 19.3 Å². The van der Waals surface area contributed by atoms with Gasteiger partial charge in [-0.25, -0.2) is 4.39 Å². The molecule has 0 saturated carbocycles. The van der Waals surface area contributed by atoms with Crippen LogP contribution < -0.4 is 10.6 Å². The molecule has 2 N–H and O–H groups in total. The third-order valence-electron chi connectivity index (χ3n) is 5.08. The van der Waals surface area contributed by atoms with Crippen LogP contribution in [0.2, 0.25) is 0 Å². The summed E-state index contributed by atoms with van der Waals surface area (Å²) in [5.41, 5.74) is 0.965. The fraction of sp³-hybridized carbons (Fsp3) is 0.667. The van der Waals surface area contributed by atoms with Crippen molar-refractivity contribution in [1.82, 2.24) is 20.4 Å². The Hall–Kier alpha value is -1.74. The van der Waals surface area contributed by atoms with E-state index in [1.165, 1.54) is 6.07 Å². The van der Waals surface area contributed by atoms with Crippen molar-refractivity contribution in [2.45, 2.75) is 12.5 Å². The van der Waals surface area contributed by atoms with E-state index >= 15 is 0 Å². The SMILES string of the molecule is CN=C(NCCN(C)CCCOC)NCC(c1cccc(F)c1)N1CCOCC1. The Bertz CT molecular complexity index is 610. The minimum absolute atomic E-state index is 0.0601. The highest BCUT2D eigenvalue weighted by Crippen LogP contribution is 2.22. The predicted molar refractivity (Wildman–Crippen MR) is 115 cm³/mol. The summed E-state index contributed by atoms with van der Waals surface area (Å²) in [4.78, 5) is 8.93. The molecule has 1 aliphatic rings. The number of morpholine rings is 1. The number of benzene rings is 1. The van der Waals surface area contributed by atoms with Crippen LogP contribution in [0.4, 0.5) is 4.39 Å². The van der Waals surface area contributed by atoms with Gasteiger partial charge in [-0.3, -0.25) is 9.89 Å². The van der Waals surface area contributed by atoms with Crippen LogP contribution in [0.25, 0.3) is 0 Å². The molecule has 0 aliphatic carbocycles. The molecule has 1 aromatic rings. The van der Waals surface area contributed by atoms with Crippen molar-refractivity contribution < 1.29 is 13.9 Å². The molecule has 1 aromatic carbocycles. The predicted octanol–water partition coefficient (Wildman–Crippen LogP) is 1.33. The summed E-state index contributed by atoms with van der Waals surface area (Å²) < 4.78 is 24.4. The lowest BCUT2D eigenvalue weighted by molar-refractivity contribution is 0.0169. The number of methoxy groups -OCH3 is 1. The summed E-state index contributed by atoms with van der Waals surface area (Å²) in [5, 5.41) is 6.77. The largest absolute Gasteiger partial charge is 0.385 e. The summed E-state index contributed by atoms with van der Waals surface area (Å²) in [6, 6.07) is 6.91. The van der Waals surface area contributed by atoms with Crippen molar-refractivity contribution in [3.63, 3.8) is 0 Å². The van der Waals surface area contributed by atoms with E-state index in [9.17, 15) is 4.39 Å². The van der Waals surface area contributed by atoms with Crippen LogP contribution in [0.3, 0.4) is 0 Å². The quantitative estimate of drug-likeness (QED) is 0.327. The first kappa shape index (κ1) is 23.5. The zero-order chi connectivity index (χ0) is 20.9. The number of halogens is 1. The van der Waals surface area contributed by atoms with Gasteiger partial charge >= 0.3 is 0 Å². The van der Waals surface area contributed by atoms with Crippen molar-refractivity contribution in [1.29, 1.82) is 0 Å². The van der Waals surface area contributed by atoms with Gasteiger partial charge in [0.15, 0.2) is 5.96 Å². The summed E-state index contributed by atoms with van der Waals surface area (Å²) in [5.74, 6) is 0.546. The first-order valence-electron chi connectivity index (χ1n) is 10.3. The molecule has 2 rings (SSSR count). The molecule has 1 fully saturated rings. The first-order valence-corrected chi connectivity index (χ1v) is 10.3. The molecule has 29 heavy (non-hydrogen) atoms. The summed E-state index contributed by atoms with van der Waals surface area (Å²) >= 11 is 0. The zero-order valence-electron chi connectivity index (χ0n) is 18.0. The minimum Gasteiger partial charge on any atom is -0.385 e. The Morgan fingerprint density at radius 1 is 1.31 bits per heavy atom. The summed E-state index contributed by atoms with van der Waals surface area (Å²) in [6.45, 7) is 7.22. The molecule has 1 atom stereocenters. The zero-order valence-corrected chi connectivity index (χ0v) is 18.0. The fourth-order valence-corrected chi connectivity index (χ4v) is 3.43. The van der Waals surface area contributed by atoms with E-state index in [1.807, 2.05) is 6.07 Å². The minimum atomic E-state index is -0.209. The molecule has 1 aliphatic heterocycles. The molecule has 0 amide bonds. The van der Waals surface area contributed by atoms with E-state index in [0.717, 1.165) is 57.3 Å². The van der Waals surface area contributed by atoms with Gasteiger partial charge in [0.1, 0.15) is 5.82 Å². The molecule has 0 radical (unpaired) electrons. The van der Waals surface area contributed by atoms with Crippen LogP contribution in [0.1, 0.15) is 18.0 Å². The van der Waals surface area contributed by atoms with Crippen molar-refractivity contribution in [2.75, 3.05) is 80.3 Å². The van der Waals surface area contributed by atoms with E-state index in [-0.39, 0.29) is 11.9 Å². The Morgan fingerprint density at radius 2 is 2.10 bits per heavy atom. The van der Waals surface area contributed by atoms with Crippen LogP contribution in [0.5, 0.6) is 0 Å². The second-order valence-electron chi connectivity index (χ2n) is 7.25. The maximum absolute atomic E-state index is 13.8. The van der Waals surface area contributed by atoms with Gasteiger partial charge in [0.2, 0.25) is 0 Å². The van der Waals surface area contributed by atoms with Gasteiger partial charge in [-0.15, -0.1) is 0 Å². The number of aliphatic imine (C=N–C) groups is 1. The monoisotopic (exact) mass is 409 g/mol. The lowest BCUT2D eigenvalue weighted by Gasteiger charge is -2.35. The molecule has 0 bridgehead atoms. The van der Waals surface area contributed by atoms with Crippen molar-refractivity contribution in [3.05, 3.63) is 35.6 Å². The molecule has 1 heterocycles. The fourth-order valence-electron chi connectivity index (χ4n) is 3.43. The molecule has 1 unspecified atom stereocenters. The van der Waals surface area contributed by atoms with Crippen molar-refractivity contribution >= 4 is 5.96 Å². The number of nitrogens with zero attached hydrogens (tertiary/aromatic N) is 3. The standard InChI is InChI=1S/C21H36FN5O2/c1-23-21(24-8-10-26(2)9-5-13-28-3)25-17-20(27-11-14-29-15-12-27)18-6-4-7-19(22)16-18/h4,6-7,16,20H,5,8-15,17H2,1-3H3,(H2,23,24,25).